The van der Waals surface area contributed by atoms with E-state index in [1.165, 1.54) is 64.2 Å². The van der Waals surface area contributed by atoms with Crippen LogP contribution in [0, 0.1) is 11.8 Å². The molecule has 160 valence electrons. The Labute approximate surface area is 172 Å². The number of rotatable bonds is 14. The summed E-state index contributed by atoms with van der Waals surface area (Å²) in [6.07, 6.45) is 18.0. The predicted octanol–water partition coefficient (Wildman–Crippen LogP) is 7.70. The fourth-order valence-corrected chi connectivity index (χ4v) is 4.36. The van der Waals surface area contributed by atoms with E-state index < -0.39 is 6.17 Å². The molecule has 0 bridgehead atoms. The second-order valence-corrected chi connectivity index (χ2v) is 8.81. The molecule has 0 N–H and O–H groups in total. The van der Waals surface area contributed by atoms with Crippen LogP contribution >= 0.6 is 0 Å². The minimum Gasteiger partial charge on any atom is -0.489 e. The van der Waals surface area contributed by atoms with Crippen LogP contribution in [0.1, 0.15) is 103 Å². The van der Waals surface area contributed by atoms with Crippen LogP contribution in [0.4, 0.5) is 4.39 Å². The van der Waals surface area contributed by atoms with Crippen LogP contribution in [0.25, 0.3) is 0 Å². The van der Waals surface area contributed by atoms with Crippen LogP contribution in [0.15, 0.2) is 18.3 Å². The van der Waals surface area contributed by atoms with Crippen LogP contribution in [-0.4, -0.2) is 17.8 Å². The molecule has 1 atom stereocenters. The Bertz CT molecular complexity index is 496. The third-order valence-electron chi connectivity index (χ3n) is 6.34. The third kappa shape index (κ3) is 9.39. The van der Waals surface area contributed by atoms with Gasteiger partial charge in [-0.05, 0) is 43.2 Å². The Morgan fingerprint density at radius 2 is 1.68 bits per heavy atom. The number of halogens is 1. The van der Waals surface area contributed by atoms with Gasteiger partial charge in [0.05, 0.1) is 6.20 Å². The Hall–Kier alpha value is -1.12. The molecule has 1 aromatic heterocycles. The molecule has 0 saturated heterocycles. The van der Waals surface area contributed by atoms with Crippen molar-refractivity contribution >= 4 is 0 Å². The Morgan fingerprint density at radius 3 is 2.32 bits per heavy atom. The normalized spacial score (nSPS) is 20.8. The van der Waals surface area contributed by atoms with Crippen LogP contribution in [0.5, 0.6) is 5.75 Å². The maximum Gasteiger partial charge on any atom is 0.137 e. The molecule has 1 saturated carbocycles. The van der Waals surface area contributed by atoms with Gasteiger partial charge in [0, 0.05) is 5.69 Å². The second-order valence-electron chi connectivity index (χ2n) is 8.81. The zero-order valence-electron chi connectivity index (χ0n) is 18.3. The van der Waals surface area contributed by atoms with Gasteiger partial charge in [0.2, 0.25) is 0 Å². The number of unbranched alkanes of at least 4 members (excludes halogenated alkanes) is 4. The van der Waals surface area contributed by atoms with E-state index in [0.29, 0.717) is 12.2 Å². The molecule has 0 spiro atoms. The highest BCUT2D eigenvalue weighted by Crippen LogP contribution is 2.34. The smallest absolute Gasteiger partial charge is 0.137 e. The number of alkyl halides is 1. The average molecular weight is 392 g/mol. The van der Waals surface area contributed by atoms with Crippen molar-refractivity contribution in [3.63, 3.8) is 0 Å². The molecule has 1 aromatic rings. The number of ether oxygens (including phenoxy) is 1. The molecule has 2 nitrogen and oxygen atoms in total. The molecule has 0 radical (unpaired) electrons. The topological polar surface area (TPSA) is 22.1 Å². The third-order valence-corrected chi connectivity index (χ3v) is 6.34. The Balaban J connectivity index is 1.59. The van der Waals surface area contributed by atoms with Gasteiger partial charge in [0.1, 0.15) is 18.5 Å². The molecule has 3 heteroatoms. The molecule has 2 rings (SSSR count). The maximum absolute atomic E-state index is 13.9. The van der Waals surface area contributed by atoms with Gasteiger partial charge in [-0.15, -0.1) is 0 Å². The van der Waals surface area contributed by atoms with Gasteiger partial charge >= 0.3 is 0 Å². The first-order chi connectivity index (χ1) is 13.7. The number of hydrogen-bond acceptors (Lipinski definition) is 2. The first kappa shape index (κ1) is 23.2. The zero-order valence-corrected chi connectivity index (χ0v) is 18.3. The minimum absolute atomic E-state index is 0.147. The fraction of sp³-hybridized carbons (Fsp3) is 0.800. The van der Waals surface area contributed by atoms with E-state index in [1.807, 2.05) is 6.07 Å². The molecular weight excluding hydrogens is 349 g/mol. The van der Waals surface area contributed by atoms with Crippen LogP contribution in [0.2, 0.25) is 0 Å². The highest BCUT2D eigenvalue weighted by molar-refractivity contribution is 5.20. The highest BCUT2D eigenvalue weighted by Gasteiger charge is 2.20. The van der Waals surface area contributed by atoms with Gasteiger partial charge in [0.25, 0.3) is 0 Å². The van der Waals surface area contributed by atoms with E-state index in [1.54, 1.807) is 6.20 Å². The van der Waals surface area contributed by atoms with Gasteiger partial charge < -0.3 is 4.74 Å². The summed E-state index contributed by atoms with van der Waals surface area (Å²) in [6, 6.07) is 4.00. The number of hydrogen-bond donors (Lipinski definition) is 0. The molecule has 0 aliphatic heterocycles. The first-order valence-corrected chi connectivity index (χ1v) is 11.9. The molecule has 1 aliphatic carbocycles. The lowest BCUT2D eigenvalue weighted by molar-refractivity contribution is 0.183. The van der Waals surface area contributed by atoms with Gasteiger partial charge in [-0.3, -0.25) is 4.98 Å². The SMILES string of the molecule is CCCCCCC(F)COc1ccc(CC[C@H]2CC[C@H](CCCC)CC2)nc1. The summed E-state index contributed by atoms with van der Waals surface area (Å²) in [5, 5.41) is 0. The lowest BCUT2D eigenvalue weighted by Gasteiger charge is -2.28. The zero-order chi connectivity index (χ0) is 20.0. The van der Waals surface area contributed by atoms with Gasteiger partial charge in [0.15, 0.2) is 0 Å². The Morgan fingerprint density at radius 1 is 0.964 bits per heavy atom. The molecule has 0 aromatic carbocycles. The summed E-state index contributed by atoms with van der Waals surface area (Å²) in [5.74, 6) is 2.55. The second kappa shape index (κ2) is 14.0. The van der Waals surface area contributed by atoms with E-state index in [0.717, 1.165) is 36.8 Å². The van der Waals surface area contributed by atoms with Crippen molar-refractivity contribution in [2.45, 2.75) is 110 Å². The summed E-state index contributed by atoms with van der Waals surface area (Å²) in [4.78, 5) is 4.54. The van der Waals surface area contributed by atoms with Crippen LogP contribution in [-0.2, 0) is 6.42 Å². The lowest BCUT2D eigenvalue weighted by atomic mass is 9.78. The van der Waals surface area contributed by atoms with Crippen molar-refractivity contribution in [2.75, 3.05) is 6.61 Å². The molecule has 1 heterocycles. The van der Waals surface area contributed by atoms with E-state index in [2.05, 4.69) is 24.9 Å². The standard InChI is InChI=1S/C25H42FNO/c1-3-5-7-8-10-23(26)20-28-25-18-17-24(27-19-25)16-15-22-13-11-21(12-14-22)9-6-4-2/h17-19,21-23H,3-16,20H2,1-2H3/t21-,22-,23?. The average Bonchev–Trinajstić information content (AvgIpc) is 2.74. The summed E-state index contributed by atoms with van der Waals surface area (Å²) in [7, 11) is 0. The first-order valence-electron chi connectivity index (χ1n) is 11.9. The number of pyridine rings is 1. The highest BCUT2D eigenvalue weighted by atomic mass is 19.1. The van der Waals surface area contributed by atoms with Crippen molar-refractivity contribution < 1.29 is 9.13 Å². The van der Waals surface area contributed by atoms with E-state index in [9.17, 15) is 4.39 Å². The monoisotopic (exact) mass is 391 g/mol. The molecule has 1 aliphatic rings. The molecule has 28 heavy (non-hydrogen) atoms. The Kier molecular flexibility index (Phi) is 11.5. The maximum atomic E-state index is 13.9. The van der Waals surface area contributed by atoms with Crippen molar-refractivity contribution in [1.82, 2.24) is 4.98 Å². The van der Waals surface area contributed by atoms with Crippen molar-refractivity contribution in [3.05, 3.63) is 24.0 Å². The van der Waals surface area contributed by atoms with Crippen molar-refractivity contribution in [2.24, 2.45) is 11.8 Å². The van der Waals surface area contributed by atoms with E-state index in [-0.39, 0.29) is 6.61 Å². The van der Waals surface area contributed by atoms with Crippen LogP contribution in [0.3, 0.4) is 0 Å². The molecule has 0 amide bonds. The predicted molar refractivity (Wildman–Crippen MR) is 117 cm³/mol. The van der Waals surface area contributed by atoms with Crippen molar-refractivity contribution in [1.29, 1.82) is 0 Å². The van der Waals surface area contributed by atoms with Gasteiger partial charge in [-0.25, -0.2) is 4.39 Å². The molecular formula is C25H42FNO. The molecule has 1 unspecified atom stereocenters. The largest absolute Gasteiger partial charge is 0.489 e. The van der Waals surface area contributed by atoms with E-state index >= 15 is 0 Å². The molecule has 1 fully saturated rings. The van der Waals surface area contributed by atoms with Gasteiger partial charge in [-0.1, -0.05) is 84.5 Å². The number of nitrogens with zero attached hydrogens (tertiary/aromatic N) is 1. The summed E-state index contributed by atoms with van der Waals surface area (Å²) in [6.45, 7) is 4.61. The van der Waals surface area contributed by atoms with E-state index in [4.69, 9.17) is 4.74 Å². The van der Waals surface area contributed by atoms with Crippen LogP contribution < -0.4 is 4.74 Å². The quantitative estimate of drug-likeness (QED) is 0.303. The lowest BCUT2D eigenvalue weighted by Crippen LogP contribution is -2.15. The summed E-state index contributed by atoms with van der Waals surface area (Å²) in [5.41, 5.74) is 1.14. The number of aryl methyl sites for hydroxylation is 1. The van der Waals surface area contributed by atoms with Gasteiger partial charge in [-0.2, -0.15) is 0 Å². The minimum atomic E-state index is -0.871. The summed E-state index contributed by atoms with van der Waals surface area (Å²) >= 11 is 0. The summed E-state index contributed by atoms with van der Waals surface area (Å²) < 4.78 is 19.5. The number of aromatic nitrogens is 1. The fourth-order valence-electron chi connectivity index (χ4n) is 4.36. The van der Waals surface area contributed by atoms with Crippen molar-refractivity contribution in [3.8, 4) is 5.75 Å².